The molecule has 0 aliphatic carbocycles. The highest BCUT2D eigenvalue weighted by atomic mass is 16.2. The molecule has 32 heavy (non-hydrogen) atoms. The summed E-state index contributed by atoms with van der Waals surface area (Å²) in [6, 6.07) is 11.1. The zero-order valence-corrected chi connectivity index (χ0v) is 19.3. The van der Waals surface area contributed by atoms with Crippen molar-refractivity contribution >= 4 is 22.6 Å². The van der Waals surface area contributed by atoms with Gasteiger partial charge in [-0.05, 0) is 64.8 Å². The van der Waals surface area contributed by atoms with E-state index in [9.17, 15) is 9.59 Å². The van der Waals surface area contributed by atoms with Gasteiger partial charge in [0.15, 0.2) is 11.2 Å². The lowest BCUT2D eigenvalue weighted by atomic mass is 10.0. The maximum Gasteiger partial charge on any atom is 0.245 e. The molecule has 4 rings (SSSR count). The summed E-state index contributed by atoms with van der Waals surface area (Å²) in [7, 11) is 0. The van der Waals surface area contributed by atoms with Gasteiger partial charge in [0.1, 0.15) is 12.4 Å². The number of pyridine rings is 2. The van der Waals surface area contributed by atoms with Crippen LogP contribution < -0.4 is 10.7 Å². The van der Waals surface area contributed by atoms with Crippen LogP contribution in [0.3, 0.4) is 0 Å². The molecule has 0 unspecified atom stereocenters. The number of anilines is 1. The van der Waals surface area contributed by atoms with Crippen molar-refractivity contribution in [1.82, 2.24) is 19.3 Å². The van der Waals surface area contributed by atoms with E-state index in [1.54, 1.807) is 4.68 Å². The number of fused-ring (bicyclic) bond motifs is 1. The van der Waals surface area contributed by atoms with Crippen molar-refractivity contribution in [2.45, 2.75) is 48.1 Å². The Hall–Kier alpha value is -3.74. The van der Waals surface area contributed by atoms with Gasteiger partial charge in [-0.1, -0.05) is 11.6 Å². The fraction of sp³-hybridized carbons (Fsp3) is 0.280. The second-order valence-electron chi connectivity index (χ2n) is 8.47. The normalized spacial score (nSPS) is 11.2. The summed E-state index contributed by atoms with van der Waals surface area (Å²) >= 11 is 0. The Morgan fingerprint density at radius 1 is 0.906 bits per heavy atom. The number of hydrogen-bond donors (Lipinski definition) is 1. The van der Waals surface area contributed by atoms with E-state index in [-0.39, 0.29) is 17.9 Å². The van der Waals surface area contributed by atoms with E-state index < -0.39 is 0 Å². The summed E-state index contributed by atoms with van der Waals surface area (Å²) in [6.07, 6.45) is 0. The summed E-state index contributed by atoms with van der Waals surface area (Å²) < 4.78 is 3.48. The van der Waals surface area contributed by atoms with E-state index in [0.717, 1.165) is 39.1 Å². The first-order chi connectivity index (χ1) is 15.1. The second kappa shape index (κ2) is 8.07. The minimum Gasteiger partial charge on any atom is -0.340 e. The molecular weight excluding hydrogens is 402 g/mol. The fourth-order valence-electron chi connectivity index (χ4n) is 4.16. The molecule has 164 valence electrons. The van der Waals surface area contributed by atoms with Gasteiger partial charge in [-0.3, -0.25) is 9.59 Å². The summed E-state index contributed by atoms with van der Waals surface area (Å²) in [5.74, 6) is 1.01. The summed E-state index contributed by atoms with van der Waals surface area (Å²) in [5.41, 5.74) is 6.52. The summed E-state index contributed by atoms with van der Waals surface area (Å²) in [6.45, 7) is 11.8. The minimum absolute atomic E-state index is 0.0615. The summed E-state index contributed by atoms with van der Waals surface area (Å²) in [4.78, 5) is 29.4. The molecule has 1 amide bonds. The number of carbonyl (C=O) groups excluding carboxylic acids is 1. The van der Waals surface area contributed by atoms with E-state index >= 15 is 0 Å². The molecule has 0 bridgehead atoms. The van der Waals surface area contributed by atoms with Gasteiger partial charge >= 0.3 is 0 Å². The third-order valence-electron chi connectivity index (χ3n) is 5.61. The maximum absolute atomic E-state index is 12.9. The summed E-state index contributed by atoms with van der Waals surface area (Å²) in [5, 5.41) is 8.65. The molecule has 0 radical (unpaired) electrons. The SMILES string of the molecule is Cc1cc(C)c2nc(-n3nc(C)cc3NC(=O)Cn3c(C)cc(=O)cc3C)cc(C)c2c1. The van der Waals surface area contributed by atoms with Crippen LogP contribution in [0, 0.1) is 41.5 Å². The predicted octanol–water partition coefficient (Wildman–Crippen LogP) is 4.07. The van der Waals surface area contributed by atoms with Crippen LogP contribution >= 0.6 is 0 Å². The predicted molar refractivity (Wildman–Crippen MR) is 127 cm³/mol. The highest BCUT2D eigenvalue weighted by Gasteiger charge is 2.15. The van der Waals surface area contributed by atoms with Crippen LogP contribution in [0.15, 0.2) is 41.2 Å². The number of amides is 1. The van der Waals surface area contributed by atoms with Crippen molar-refractivity contribution in [3.8, 4) is 5.82 Å². The van der Waals surface area contributed by atoms with Crippen LogP contribution in [0.1, 0.15) is 33.8 Å². The van der Waals surface area contributed by atoms with Gasteiger partial charge in [-0.15, -0.1) is 0 Å². The van der Waals surface area contributed by atoms with Gasteiger partial charge in [0, 0.05) is 35.0 Å². The lowest BCUT2D eigenvalue weighted by molar-refractivity contribution is -0.116. The Morgan fingerprint density at radius 3 is 2.28 bits per heavy atom. The third-order valence-corrected chi connectivity index (χ3v) is 5.61. The quantitative estimate of drug-likeness (QED) is 0.530. The zero-order valence-electron chi connectivity index (χ0n) is 19.3. The molecule has 0 spiro atoms. The molecule has 1 aromatic carbocycles. The van der Waals surface area contributed by atoms with E-state index in [2.05, 4.69) is 43.3 Å². The zero-order chi connectivity index (χ0) is 23.2. The fourth-order valence-corrected chi connectivity index (χ4v) is 4.16. The average Bonchev–Trinajstić information content (AvgIpc) is 3.05. The maximum atomic E-state index is 12.9. The first kappa shape index (κ1) is 21.5. The largest absolute Gasteiger partial charge is 0.340 e. The van der Waals surface area contributed by atoms with E-state index in [0.29, 0.717) is 11.6 Å². The smallest absolute Gasteiger partial charge is 0.245 e. The molecule has 1 N–H and O–H groups in total. The number of nitrogens with one attached hydrogen (secondary N) is 1. The Balaban J connectivity index is 1.70. The van der Waals surface area contributed by atoms with Crippen LogP contribution in [0.25, 0.3) is 16.7 Å². The molecule has 0 aliphatic heterocycles. The van der Waals surface area contributed by atoms with Crippen LogP contribution in [0.5, 0.6) is 0 Å². The van der Waals surface area contributed by atoms with E-state index in [1.165, 1.54) is 17.7 Å². The Bertz CT molecular complexity index is 1400. The van der Waals surface area contributed by atoms with Crippen LogP contribution in [0.2, 0.25) is 0 Å². The molecule has 0 fully saturated rings. The second-order valence-corrected chi connectivity index (χ2v) is 8.47. The monoisotopic (exact) mass is 429 g/mol. The van der Waals surface area contributed by atoms with Gasteiger partial charge in [0.05, 0.1) is 11.2 Å². The number of aryl methyl sites for hydroxylation is 6. The Kier molecular flexibility index (Phi) is 5.42. The van der Waals surface area contributed by atoms with Crippen molar-refractivity contribution in [1.29, 1.82) is 0 Å². The van der Waals surface area contributed by atoms with Crippen molar-refractivity contribution in [3.63, 3.8) is 0 Å². The number of nitrogens with zero attached hydrogens (tertiary/aromatic N) is 4. The van der Waals surface area contributed by atoms with E-state index in [1.807, 2.05) is 37.5 Å². The molecule has 0 saturated carbocycles. The van der Waals surface area contributed by atoms with Gasteiger partial charge < -0.3 is 9.88 Å². The molecule has 3 heterocycles. The molecule has 7 heteroatoms. The first-order valence-corrected chi connectivity index (χ1v) is 10.6. The van der Waals surface area contributed by atoms with Gasteiger partial charge in [0.25, 0.3) is 0 Å². The Morgan fingerprint density at radius 2 is 1.59 bits per heavy atom. The van der Waals surface area contributed by atoms with Gasteiger partial charge in [0.2, 0.25) is 5.91 Å². The topological polar surface area (TPSA) is 81.8 Å². The number of benzene rings is 1. The van der Waals surface area contributed by atoms with Crippen LogP contribution in [-0.2, 0) is 11.3 Å². The molecular formula is C25H27N5O2. The van der Waals surface area contributed by atoms with Crippen LogP contribution in [-0.4, -0.2) is 25.2 Å². The van der Waals surface area contributed by atoms with Crippen LogP contribution in [0.4, 0.5) is 5.82 Å². The van der Waals surface area contributed by atoms with Crippen molar-refractivity contribution in [2.24, 2.45) is 0 Å². The van der Waals surface area contributed by atoms with Gasteiger partial charge in [-0.2, -0.15) is 9.78 Å². The first-order valence-electron chi connectivity index (χ1n) is 10.6. The lowest BCUT2D eigenvalue weighted by Crippen LogP contribution is -2.24. The van der Waals surface area contributed by atoms with Gasteiger partial charge in [-0.25, -0.2) is 4.98 Å². The molecule has 7 nitrogen and oxygen atoms in total. The number of rotatable bonds is 4. The molecule has 0 atom stereocenters. The Labute approximate surface area is 186 Å². The van der Waals surface area contributed by atoms with Crippen molar-refractivity contribution in [3.05, 3.63) is 80.4 Å². The number of aromatic nitrogens is 4. The highest BCUT2D eigenvalue weighted by Crippen LogP contribution is 2.26. The standard InChI is InChI=1S/C25H27N5O2/c1-14-7-16(3)25-21(8-14)15(2)9-22(27-25)30-23(10-17(4)28-30)26-24(32)13-29-18(5)11-20(31)12-19(29)6/h7-12H,13H2,1-6H3,(H,26,32). The van der Waals surface area contributed by atoms with Crippen molar-refractivity contribution in [2.75, 3.05) is 5.32 Å². The molecule has 0 saturated heterocycles. The average molecular weight is 430 g/mol. The van der Waals surface area contributed by atoms with E-state index in [4.69, 9.17) is 4.98 Å². The molecule has 3 aromatic heterocycles. The minimum atomic E-state index is -0.203. The molecule has 4 aromatic rings. The number of carbonyl (C=O) groups is 1. The third kappa shape index (κ3) is 4.06. The van der Waals surface area contributed by atoms with Crippen molar-refractivity contribution < 1.29 is 4.79 Å². The highest BCUT2D eigenvalue weighted by molar-refractivity contribution is 5.90. The lowest BCUT2D eigenvalue weighted by Gasteiger charge is -2.15. The number of hydrogen-bond acceptors (Lipinski definition) is 4. The molecule has 0 aliphatic rings.